The summed E-state index contributed by atoms with van der Waals surface area (Å²) in [5, 5.41) is 10.8. The van der Waals surface area contributed by atoms with Gasteiger partial charge in [0.05, 0.1) is 24.2 Å². The van der Waals surface area contributed by atoms with Gasteiger partial charge < -0.3 is 14.8 Å². The molecule has 0 amide bonds. The van der Waals surface area contributed by atoms with Crippen molar-refractivity contribution < 1.29 is 9.84 Å². The number of hydrogen-bond acceptors (Lipinski definition) is 4. The number of hydrogen-bond donors (Lipinski definition) is 2. The molecule has 4 nitrogen and oxygen atoms in total. The zero-order valence-electron chi connectivity index (χ0n) is 11.7. The molecule has 2 aromatic rings. The minimum absolute atomic E-state index is 0.109. The number of imidazole rings is 1. The number of rotatable bonds is 4. The third-order valence-corrected chi connectivity index (χ3v) is 3.99. The van der Waals surface area contributed by atoms with Gasteiger partial charge in [0.2, 0.25) is 0 Å². The molecule has 0 aliphatic carbocycles. The van der Waals surface area contributed by atoms with Crippen LogP contribution < -0.4 is 4.74 Å². The van der Waals surface area contributed by atoms with Crippen molar-refractivity contribution in [2.45, 2.75) is 32.0 Å². The van der Waals surface area contributed by atoms with E-state index in [1.165, 1.54) is 11.8 Å². The fourth-order valence-electron chi connectivity index (χ4n) is 1.57. The molecule has 0 spiro atoms. The van der Waals surface area contributed by atoms with Crippen LogP contribution in [-0.4, -0.2) is 34.0 Å². The Morgan fingerprint density at radius 2 is 2.16 bits per heavy atom. The highest BCUT2D eigenvalue weighted by molar-refractivity contribution is 7.99. The first kappa shape index (κ1) is 14.2. The number of aliphatic hydroxyl groups excluding tert-OH is 1. The predicted molar refractivity (Wildman–Crippen MR) is 78.8 cm³/mol. The van der Waals surface area contributed by atoms with E-state index in [1.54, 1.807) is 7.11 Å². The van der Waals surface area contributed by atoms with E-state index in [0.717, 1.165) is 21.9 Å². The second kappa shape index (κ2) is 5.43. The van der Waals surface area contributed by atoms with Crippen LogP contribution in [0.15, 0.2) is 23.4 Å². The number of thioether (sulfide) groups is 1. The quantitative estimate of drug-likeness (QED) is 0.845. The molecule has 0 aliphatic heterocycles. The highest BCUT2D eigenvalue weighted by Crippen LogP contribution is 2.27. The number of aromatic amines is 1. The molecule has 104 valence electrons. The zero-order chi connectivity index (χ0) is 14.0. The summed E-state index contributed by atoms with van der Waals surface area (Å²) in [6.45, 7) is 6.09. The number of ether oxygens (including phenoxy) is 1. The Morgan fingerprint density at radius 3 is 2.79 bits per heavy atom. The maximum Gasteiger partial charge on any atom is 0.166 e. The summed E-state index contributed by atoms with van der Waals surface area (Å²) >= 11 is 1.54. The molecule has 0 saturated carbocycles. The number of methoxy groups -OCH3 is 1. The summed E-state index contributed by atoms with van der Waals surface area (Å²) in [5.74, 6) is 1.43. The molecule has 2 N–H and O–H groups in total. The topological polar surface area (TPSA) is 58.1 Å². The molecule has 2 rings (SSSR count). The second-order valence-corrected chi connectivity index (χ2v) is 6.63. The molecule has 19 heavy (non-hydrogen) atoms. The van der Waals surface area contributed by atoms with E-state index >= 15 is 0 Å². The lowest BCUT2D eigenvalue weighted by atomic mass is 9.90. The van der Waals surface area contributed by atoms with Crippen LogP contribution >= 0.6 is 11.8 Å². The van der Waals surface area contributed by atoms with Crippen LogP contribution in [0, 0.1) is 5.41 Å². The highest BCUT2D eigenvalue weighted by Gasteiger charge is 2.22. The second-order valence-electron chi connectivity index (χ2n) is 5.62. The van der Waals surface area contributed by atoms with E-state index in [9.17, 15) is 5.11 Å². The molecule has 1 aromatic heterocycles. The van der Waals surface area contributed by atoms with Crippen molar-refractivity contribution in [2.75, 3.05) is 12.9 Å². The standard InChI is InChI=1S/C14H20N2O2S/c1-14(2,3)12(17)8-19-13-15-10-6-5-9(18-4)7-11(10)16-13/h5-7,12,17H,8H2,1-4H3,(H,15,16)/t12-/m0/s1. The molecule has 1 atom stereocenters. The number of aromatic nitrogens is 2. The summed E-state index contributed by atoms with van der Waals surface area (Å²) < 4.78 is 5.18. The number of benzene rings is 1. The van der Waals surface area contributed by atoms with Crippen molar-refractivity contribution in [1.29, 1.82) is 0 Å². The average molecular weight is 280 g/mol. The Bertz CT molecular complexity index is 560. The SMILES string of the molecule is COc1ccc2nc(SC[C@H](O)C(C)(C)C)[nH]c2c1. The van der Waals surface area contributed by atoms with Crippen LogP contribution in [0.2, 0.25) is 0 Å². The Morgan fingerprint density at radius 1 is 1.42 bits per heavy atom. The Hall–Kier alpha value is -1.20. The monoisotopic (exact) mass is 280 g/mol. The largest absolute Gasteiger partial charge is 0.497 e. The van der Waals surface area contributed by atoms with Gasteiger partial charge in [-0.3, -0.25) is 0 Å². The summed E-state index contributed by atoms with van der Waals surface area (Å²) in [7, 11) is 1.65. The van der Waals surface area contributed by atoms with Gasteiger partial charge in [-0.15, -0.1) is 0 Å². The normalized spacial score (nSPS) is 13.7. The third kappa shape index (κ3) is 3.42. The Labute approximate surface area is 117 Å². The number of nitrogens with zero attached hydrogens (tertiary/aromatic N) is 1. The summed E-state index contributed by atoms with van der Waals surface area (Å²) in [6.07, 6.45) is -0.361. The first-order valence-electron chi connectivity index (χ1n) is 6.25. The minimum Gasteiger partial charge on any atom is -0.497 e. The van der Waals surface area contributed by atoms with Crippen molar-refractivity contribution in [3.8, 4) is 5.75 Å². The maximum atomic E-state index is 10.0. The van der Waals surface area contributed by atoms with Crippen LogP contribution in [0.5, 0.6) is 5.75 Å². The average Bonchev–Trinajstić information content (AvgIpc) is 2.76. The van der Waals surface area contributed by atoms with Crippen LogP contribution in [-0.2, 0) is 0 Å². The maximum absolute atomic E-state index is 10.0. The van der Waals surface area contributed by atoms with Crippen molar-refractivity contribution in [3.05, 3.63) is 18.2 Å². The van der Waals surface area contributed by atoms with Gasteiger partial charge in [0.15, 0.2) is 5.16 Å². The number of nitrogens with one attached hydrogen (secondary N) is 1. The fraction of sp³-hybridized carbons (Fsp3) is 0.500. The smallest absolute Gasteiger partial charge is 0.166 e. The van der Waals surface area contributed by atoms with Crippen LogP contribution in [0.4, 0.5) is 0 Å². The molecule has 0 saturated heterocycles. The Balaban J connectivity index is 2.09. The van der Waals surface area contributed by atoms with Gasteiger partial charge in [0, 0.05) is 11.8 Å². The molecular formula is C14H20N2O2S. The molecule has 0 bridgehead atoms. The van der Waals surface area contributed by atoms with Crippen molar-refractivity contribution in [1.82, 2.24) is 9.97 Å². The van der Waals surface area contributed by atoms with E-state index < -0.39 is 0 Å². The number of aliphatic hydroxyl groups is 1. The minimum atomic E-state index is -0.361. The molecule has 0 radical (unpaired) electrons. The molecular weight excluding hydrogens is 260 g/mol. The highest BCUT2D eigenvalue weighted by atomic mass is 32.2. The van der Waals surface area contributed by atoms with Gasteiger partial charge in [0.25, 0.3) is 0 Å². The lowest BCUT2D eigenvalue weighted by Crippen LogP contribution is -2.28. The van der Waals surface area contributed by atoms with Crippen LogP contribution in [0.1, 0.15) is 20.8 Å². The summed E-state index contributed by atoms with van der Waals surface area (Å²) in [5.41, 5.74) is 1.75. The zero-order valence-corrected chi connectivity index (χ0v) is 12.5. The van der Waals surface area contributed by atoms with E-state index in [0.29, 0.717) is 5.75 Å². The third-order valence-electron chi connectivity index (χ3n) is 3.04. The van der Waals surface area contributed by atoms with Crippen LogP contribution in [0.25, 0.3) is 11.0 Å². The Kier molecular flexibility index (Phi) is 4.06. The summed E-state index contributed by atoms with van der Waals surface area (Å²) in [4.78, 5) is 7.72. The van der Waals surface area contributed by atoms with Crippen LogP contribution in [0.3, 0.4) is 0 Å². The number of H-pyrrole nitrogens is 1. The summed E-state index contributed by atoms with van der Waals surface area (Å²) in [6, 6.07) is 5.74. The molecule has 1 heterocycles. The number of fused-ring (bicyclic) bond motifs is 1. The van der Waals surface area contributed by atoms with Gasteiger partial charge in [-0.2, -0.15) is 0 Å². The molecule has 0 fully saturated rings. The van der Waals surface area contributed by atoms with Crippen molar-refractivity contribution in [3.63, 3.8) is 0 Å². The van der Waals surface area contributed by atoms with E-state index in [2.05, 4.69) is 9.97 Å². The first-order chi connectivity index (χ1) is 8.90. The predicted octanol–water partition coefficient (Wildman–Crippen LogP) is 3.07. The van der Waals surface area contributed by atoms with E-state index in [1.807, 2.05) is 39.0 Å². The van der Waals surface area contributed by atoms with Gasteiger partial charge >= 0.3 is 0 Å². The lowest BCUT2D eigenvalue weighted by Gasteiger charge is -2.24. The molecule has 1 aromatic carbocycles. The lowest BCUT2D eigenvalue weighted by molar-refractivity contribution is 0.0842. The van der Waals surface area contributed by atoms with Crippen molar-refractivity contribution in [2.24, 2.45) is 5.41 Å². The van der Waals surface area contributed by atoms with Gasteiger partial charge in [0.1, 0.15) is 5.75 Å². The van der Waals surface area contributed by atoms with Crippen molar-refractivity contribution >= 4 is 22.8 Å². The molecule has 0 aliphatic rings. The first-order valence-corrected chi connectivity index (χ1v) is 7.23. The van der Waals surface area contributed by atoms with E-state index in [-0.39, 0.29) is 11.5 Å². The molecule has 5 heteroatoms. The van der Waals surface area contributed by atoms with Gasteiger partial charge in [-0.25, -0.2) is 4.98 Å². The van der Waals surface area contributed by atoms with Gasteiger partial charge in [-0.1, -0.05) is 32.5 Å². The van der Waals surface area contributed by atoms with E-state index in [4.69, 9.17) is 4.74 Å². The molecule has 0 unspecified atom stereocenters. The van der Waals surface area contributed by atoms with Gasteiger partial charge in [-0.05, 0) is 17.5 Å². The fourth-order valence-corrected chi connectivity index (χ4v) is 2.73.